The number of nitrogens with one attached hydrogen (secondary N) is 1. The molecule has 5 nitrogen and oxygen atoms in total. The van der Waals surface area contributed by atoms with E-state index in [1.807, 2.05) is 0 Å². The Morgan fingerprint density at radius 3 is 2.88 bits per heavy atom. The summed E-state index contributed by atoms with van der Waals surface area (Å²) in [5.41, 5.74) is 0. The first-order chi connectivity index (χ1) is 8.03. The average Bonchev–Trinajstić information content (AvgIpc) is 2.76. The highest BCUT2D eigenvalue weighted by atomic mass is 32.2. The van der Waals surface area contributed by atoms with Crippen LogP contribution in [0.2, 0.25) is 0 Å². The lowest BCUT2D eigenvalue weighted by Crippen LogP contribution is -2.36. The Bertz CT molecular complexity index is 369. The fourth-order valence-electron chi connectivity index (χ4n) is 1.59. The van der Waals surface area contributed by atoms with Crippen molar-refractivity contribution in [3.8, 4) is 0 Å². The van der Waals surface area contributed by atoms with E-state index < -0.39 is 21.5 Å². The molecule has 0 aromatic heterocycles. The van der Waals surface area contributed by atoms with Crippen molar-refractivity contribution in [1.29, 1.82) is 0 Å². The Morgan fingerprint density at radius 1 is 1.53 bits per heavy atom. The van der Waals surface area contributed by atoms with Gasteiger partial charge in [0.2, 0.25) is 5.91 Å². The zero-order chi connectivity index (χ0) is 12.7. The number of rotatable bonds is 6. The summed E-state index contributed by atoms with van der Waals surface area (Å²) in [4.78, 5) is 11.4. The smallest absolute Gasteiger partial charge is 0.235 e. The lowest BCUT2D eigenvalue weighted by molar-refractivity contribution is -0.119. The van der Waals surface area contributed by atoms with Gasteiger partial charge in [-0.3, -0.25) is 4.79 Å². The summed E-state index contributed by atoms with van der Waals surface area (Å²) >= 11 is 0. The maximum absolute atomic E-state index is 11.5. The van der Waals surface area contributed by atoms with Gasteiger partial charge >= 0.3 is 0 Å². The molecule has 1 rings (SSSR count). The third-order valence-electron chi connectivity index (χ3n) is 2.49. The second-order valence-electron chi connectivity index (χ2n) is 4.06. The summed E-state index contributed by atoms with van der Waals surface area (Å²) in [5.74, 6) is -0.994. The van der Waals surface area contributed by atoms with Gasteiger partial charge in [0.15, 0.2) is 9.84 Å². The highest BCUT2D eigenvalue weighted by Gasteiger charge is 2.19. The second-order valence-corrected chi connectivity index (χ2v) is 6.17. The van der Waals surface area contributed by atoms with Gasteiger partial charge in [-0.25, -0.2) is 8.42 Å². The maximum Gasteiger partial charge on any atom is 0.235 e. The fraction of sp³-hybridized carbons (Fsp3) is 0.727. The van der Waals surface area contributed by atoms with E-state index in [0.717, 1.165) is 19.4 Å². The Kier molecular flexibility index (Phi) is 5.64. The molecule has 0 aromatic carbocycles. The van der Waals surface area contributed by atoms with E-state index >= 15 is 0 Å². The molecule has 0 bridgehead atoms. The van der Waals surface area contributed by atoms with Crippen LogP contribution in [0.5, 0.6) is 0 Å². The molecule has 0 aromatic rings. The first kappa shape index (κ1) is 14.2. The zero-order valence-corrected chi connectivity index (χ0v) is 10.8. The van der Waals surface area contributed by atoms with E-state index in [1.165, 1.54) is 6.08 Å². The van der Waals surface area contributed by atoms with Crippen molar-refractivity contribution in [1.82, 2.24) is 5.32 Å². The zero-order valence-electron chi connectivity index (χ0n) is 10.0. The molecular formula is C11H19NO4S. The average molecular weight is 261 g/mol. The van der Waals surface area contributed by atoms with Crippen LogP contribution in [0, 0.1) is 0 Å². The summed E-state index contributed by atoms with van der Waals surface area (Å²) in [5, 5.41) is 2.59. The van der Waals surface area contributed by atoms with Crippen LogP contribution >= 0.6 is 0 Å². The van der Waals surface area contributed by atoms with Crippen LogP contribution < -0.4 is 5.32 Å². The van der Waals surface area contributed by atoms with Gasteiger partial charge in [0.1, 0.15) is 5.75 Å². The lowest BCUT2D eigenvalue weighted by atomic mass is 10.2. The fourth-order valence-corrected chi connectivity index (χ4v) is 2.69. The van der Waals surface area contributed by atoms with E-state index in [-0.39, 0.29) is 11.9 Å². The van der Waals surface area contributed by atoms with Crippen LogP contribution in [0.4, 0.5) is 0 Å². The third-order valence-corrected chi connectivity index (χ3v) is 3.89. The summed E-state index contributed by atoms with van der Waals surface area (Å²) in [7, 11) is -3.33. The van der Waals surface area contributed by atoms with Crippen molar-refractivity contribution in [3.63, 3.8) is 0 Å². The van der Waals surface area contributed by atoms with Crippen LogP contribution in [-0.4, -0.2) is 45.1 Å². The molecule has 1 atom stereocenters. The van der Waals surface area contributed by atoms with Gasteiger partial charge < -0.3 is 10.1 Å². The Labute approximate surface area is 102 Å². The second kappa shape index (κ2) is 6.76. The monoisotopic (exact) mass is 261 g/mol. The van der Waals surface area contributed by atoms with Gasteiger partial charge in [-0.15, -0.1) is 0 Å². The van der Waals surface area contributed by atoms with Gasteiger partial charge in [0.05, 0.1) is 11.9 Å². The van der Waals surface area contributed by atoms with Crippen LogP contribution in [-0.2, 0) is 19.4 Å². The molecule has 1 N–H and O–H groups in total. The van der Waals surface area contributed by atoms with E-state index in [2.05, 4.69) is 5.32 Å². The number of hydrogen-bond donors (Lipinski definition) is 1. The van der Waals surface area contributed by atoms with Crippen molar-refractivity contribution < 1.29 is 17.9 Å². The van der Waals surface area contributed by atoms with Crippen molar-refractivity contribution in [2.24, 2.45) is 0 Å². The summed E-state index contributed by atoms with van der Waals surface area (Å²) < 4.78 is 28.2. The predicted octanol–water partition coefficient (Wildman–Crippen LogP) is 0.272. The van der Waals surface area contributed by atoms with E-state index in [9.17, 15) is 13.2 Å². The summed E-state index contributed by atoms with van der Waals surface area (Å²) in [6.07, 6.45) is 5.15. The van der Waals surface area contributed by atoms with Gasteiger partial charge in [-0.05, 0) is 19.8 Å². The molecule has 0 aliphatic carbocycles. The summed E-state index contributed by atoms with van der Waals surface area (Å²) in [6, 6.07) is 0. The molecule has 0 saturated carbocycles. The predicted molar refractivity (Wildman–Crippen MR) is 65.5 cm³/mol. The molecule has 6 heteroatoms. The van der Waals surface area contributed by atoms with Gasteiger partial charge in [0.25, 0.3) is 0 Å². The standard InChI is InChI=1S/C11H19NO4S/c1-2-3-7-17(14,15)9-11(13)12-8-10-5-4-6-16-10/h2-3,10H,4-9H2,1H3,(H,12,13). The quantitative estimate of drug-likeness (QED) is 0.697. The van der Waals surface area contributed by atoms with Crippen molar-refractivity contribution in [3.05, 3.63) is 12.2 Å². The Hall–Kier alpha value is -0.880. The van der Waals surface area contributed by atoms with Crippen LogP contribution in [0.1, 0.15) is 19.8 Å². The minimum atomic E-state index is -3.33. The number of carbonyl (C=O) groups is 1. The first-order valence-corrected chi connectivity index (χ1v) is 7.55. The van der Waals surface area contributed by atoms with E-state index in [0.29, 0.717) is 6.54 Å². The summed E-state index contributed by atoms with van der Waals surface area (Å²) in [6.45, 7) is 2.87. The molecular weight excluding hydrogens is 242 g/mol. The van der Waals surface area contributed by atoms with Crippen molar-refractivity contribution in [2.75, 3.05) is 24.7 Å². The molecule has 1 aliphatic rings. The maximum atomic E-state index is 11.5. The van der Waals surface area contributed by atoms with Crippen molar-refractivity contribution >= 4 is 15.7 Å². The molecule has 1 heterocycles. The van der Waals surface area contributed by atoms with Crippen LogP contribution in [0.3, 0.4) is 0 Å². The molecule has 0 radical (unpaired) electrons. The van der Waals surface area contributed by atoms with E-state index in [4.69, 9.17) is 4.74 Å². The van der Waals surface area contributed by atoms with Gasteiger partial charge in [-0.1, -0.05) is 12.2 Å². The van der Waals surface area contributed by atoms with Crippen LogP contribution in [0.15, 0.2) is 12.2 Å². The molecule has 98 valence electrons. The topological polar surface area (TPSA) is 72.5 Å². The third kappa shape index (κ3) is 5.83. The molecule has 1 fully saturated rings. The highest BCUT2D eigenvalue weighted by molar-refractivity contribution is 7.92. The Balaban J connectivity index is 2.28. The molecule has 1 amide bonds. The normalized spacial score (nSPS) is 20.9. The first-order valence-electron chi connectivity index (χ1n) is 5.73. The molecule has 1 saturated heterocycles. The number of hydrogen-bond acceptors (Lipinski definition) is 4. The van der Waals surface area contributed by atoms with E-state index in [1.54, 1.807) is 13.0 Å². The van der Waals surface area contributed by atoms with Gasteiger partial charge in [-0.2, -0.15) is 0 Å². The molecule has 1 unspecified atom stereocenters. The van der Waals surface area contributed by atoms with Crippen molar-refractivity contribution in [2.45, 2.75) is 25.9 Å². The van der Waals surface area contributed by atoms with Gasteiger partial charge in [0, 0.05) is 13.2 Å². The largest absolute Gasteiger partial charge is 0.376 e. The van der Waals surface area contributed by atoms with Crippen LogP contribution in [0.25, 0.3) is 0 Å². The number of amides is 1. The number of ether oxygens (including phenoxy) is 1. The Morgan fingerprint density at radius 2 is 2.29 bits per heavy atom. The minimum Gasteiger partial charge on any atom is -0.376 e. The number of carbonyl (C=O) groups excluding carboxylic acids is 1. The molecule has 1 aliphatic heterocycles. The lowest BCUT2D eigenvalue weighted by Gasteiger charge is -2.10. The minimum absolute atomic E-state index is 0.0391. The molecule has 17 heavy (non-hydrogen) atoms. The highest BCUT2D eigenvalue weighted by Crippen LogP contribution is 2.10. The number of allylic oxidation sites excluding steroid dienone is 1. The number of sulfone groups is 1. The molecule has 0 spiro atoms. The SMILES string of the molecule is CC=CCS(=O)(=O)CC(=O)NCC1CCCO1.